The van der Waals surface area contributed by atoms with Crippen molar-refractivity contribution in [2.45, 2.75) is 26.1 Å². The lowest BCUT2D eigenvalue weighted by Gasteiger charge is -2.12. The number of amides is 2. The number of fused-ring (bicyclic) bond motifs is 1. The number of pyridine rings is 1. The van der Waals surface area contributed by atoms with Crippen LogP contribution in [0.4, 0.5) is 23.7 Å². The first-order chi connectivity index (χ1) is 13.3. The van der Waals surface area contributed by atoms with E-state index in [1.54, 1.807) is 12.1 Å². The predicted molar refractivity (Wildman–Crippen MR) is 103 cm³/mol. The van der Waals surface area contributed by atoms with E-state index in [0.29, 0.717) is 22.8 Å². The molecule has 2 amide bonds. The highest BCUT2D eigenvalue weighted by atomic mass is 35.5. The molecule has 3 aromatic rings. The number of aromatic nitrogens is 1. The van der Waals surface area contributed by atoms with Gasteiger partial charge in [-0.25, -0.2) is 9.78 Å². The van der Waals surface area contributed by atoms with Crippen molar-refractivity contribution in [3.63, 3.8) is 0 Å². The quantitative estimate of drug-likeness (QED) is 0.538. The Bertz CT molecular complexity index is 1000. The summed E-state index contributed by atoms with van der Waals surface area (Å²) in [5.41, 5.74) is 1.20. The number of halogens is 4. The van der Waals surface area contributed by atoms with Gasteiger partial charge in [0.15, 0.2) is 0 Å². The summed E-state index contributed by atoms with van der Waals surface area (Å²) >= 11 is 6.22. The molecule has 3 rings (SSSR count). The fourth-order valence-corrected chi connectivity index (χ4v) is 3.01. The van der Waals surface area contributed by atoms with Crippen LogP contribution >= 0.6 is 11.6 Å². The zero-order valence-corrected chi connectivity index (χ0v) is 15.7. The van der Waals surface area contributed by atoms with Crippen LogP contribution in [0.5, 0.6) is 0 Å². The Hall–Kier alpha value is -2.80. The van der Waals surface area contributed by atoms with Gasteiger partial charge in [-0.1, -0.05) is 42.8 Å². The fourth-order valence-electron chi connectivity index (χ4n) is 2.74. The van der Waals surface area contributed by atoms with Gasteiger partial charge in [0.2, 0.25) is 0 Å². The molecule has 1 aromatic heterocycles. The lowest BCUT2D eigenvalue weighted by atomic mass is 10.1. The highest BCUT2D eigenvalue weighted by Gasteiger charge is 2.29. The number of hydrogen-bond donors (Lipinski definition) is 2. The third-order valence-electron chi connectivity index (χ3n) is 4.23. The monoisotopic (exact) mass is 407 g/mol. The average molecular weight is 408 g/mol. The molecule has 0 fully saturated rings. The molecule has 0 radical (unpaired) electrons. The maximum Gasteiger partial charge on any atom is 0.416 e. The van der Waals surface area contributed by atoms with E-state index in [0.717, 1.165) is 28.6 Å². The number of alkyl halides is 3. The van der Waals surface area contributed by atoms with Crippen LogP contribution in [0.15, 0.2) is 48.5 Å². The van der Waals surface area contributed by atoms with Crippen molar-refractivity contribution in [1.29, 1.82) is 0 Å². The second-order valence-corrected chi connectivity index (χ2v) is 6.52. The van der Waals surface area contributed by atoms with Gasteiger partial charge in [0.25, 0.3) is 0 Å². The maximum absolute atomic E-state index is 12.6. The Morgan fingerprint density at radius 3 is 2.46 bits per heavy atom. The molecule has 0 spiro atoms. The SMILES string of the molecule is CCc1cc2c(NC(=O)NCc3ccc(C(F)(F)F)cc3)cccc2c(Cl)n1. The smallest absolute Gasteiger partial charge is 0.334 e. The second-order valence-electron chi connectivity index (χ2n) is 6.16. The summed E-state index contributed by atoms with van der Waals surface area (Å²) in [7, 11) is 0. The topological polar surface area (TPSA) is 54.0 Å². The lowest BCUT2D eigenvalue weighted by Crippen LogP contribution is -2.28. The molecule has 0 aliphatic carbocycles. The molecule has 0 aliphatic heterocycles. The van der Waals surface area contributed by atoms with E-state index in [4.69, 9.17) is 11.6 Å². The van der Waals surface area contributed by atoms with Gasteiger partial charge in [-0.05, 0) is 36.2 Å². The van der Waals surface area contributed by atoms with E-state index in [2.05, 4.69) is 15.6 Å². The van der Waals surface area contributed by atoms with Crippen LogP contribution in [0.25, 0.3) is 10.8 Å². The minimum Gasteiger partial charge on any atom is -0.334 e. The van der Waals surface area contributed by atoms with Crippen molar-refractivity contribution < 1.29 is 18.0 Å². The van der Waals surface area contributed by atoms with Crippen molar-refractivity contribution >= 4 is 34.1 Å². The minimum atomic E-state index is -4.38. The molecule has 2 aromatic carbocycles. The molecule has 0 bridgehead atoms. The molecule has 0 unspecified atom stereocenters. The number of hydrogen-bond acceptors (Lipinski definition) is 2. The largest absolute Gasteiger partial charge is 0.416 e. The van der Waals surface area contributed by atoms with Gasteiger partial charge in [0.05, 0.1) is 11.3 Å². The summed E-state index contributed by atoms with van der Waals surface area (Å²) in [6.07, 6.45) is -3.69. The molecule has 1 heterocycles. The van der Waals surface area contributed by atoms with Crippen LogP contribution in [0, 0.1) is 0 Å². The molecular formula is C20H17ClF3N3O. The van der Waals surface area contributed by atoms with Crippen molar-refractivity contribution in [2.24, 2.45) is 0 Å². The third-order valence-corrected chi connectivity index (χ3v) is 4.51. The molecule has 0 saturated heterocycles. The van der Waals surface area contributed by atoms with Crippen LogP contribution < -0.4 is 10.6 Å². The van der Waals surface area contributed by atoms with Crippen molar-refractivity contribution in [2.75, 3.05) is 5.32 Å². The van der Waals surface area contributed by atoms with E-state index < -0.39 is 17.8 Å². The van der Waals surface area contributed by atoms with Crippen LogP contribution in [-0.2, 0) is 19.1 Å². The number of anilines is 1. The molecule has 0 atom stereocenters. The summed E-state index contributed by atoms with van der Waals surface area (Å²) in [4.78, 5) is 16.5. The summed E-state index contributed by atoms with van der Waals surface area (Å²) in [5.74, 6) is 0. The Morgan fingerprint density at radius 2 is 1.82 bits per heavy atom. The molecule has 8 heteroatoms. The van der Waals surface area contributed by atoms with Gasteiger partial charge in [0, 0.05) is 23.0 Å². The number of rotatable bonds is 4. The second kappa shape index (κ2) is 8.06. The standard InChI is InChI=1S/C20H17ClF3N3O/c1-2-14-10-16-15(18(21)26-14)4-3-5-17(16)27-19(28)25-11-12-6-8-13(9-7-12)20(22,23)24/h3-10H,2,11H2,1H3,(H2,25,27,28). The van der Waals surface area contributed by atoms with Crippen LogP contribution in [0.2, 0.25) is 5.15 Å². The van der Waals surface area contributed by atoms with Crippen molar-refractivity contribution in [3.05, 3.63) is 70.5 Å². The average Bonchev–Trinajstić information content (AvgIpc) is 2.66. The fraction of sp³-hybridized carbons (Fsp3) is 0.200. The molecule has 4 nitrogen and oxygen atoms in total. The summed E-state index contributed by atoms with van der Waals surface area (Å²) in [6, 6.07) is 11.4. The number of carbonyl (C=O) groups excluding carboxylic acids is 1. The van der Waals surface area contributed by atoms with E-state index in [1.807, 2.05) is 19.1 Å². The van der Waals surface area contributed by atoms with Gasteiger partial charge in [-0.3, -0.25) is 0 Å². The number of urea groups is 1. The van der Waals surface area contributed by atoms with Gasteiger partial charge in [-0.2, -0.15) is 13.2 Å². The van der Waals surface area contributed by atoms with E-state index in [1.165, 1.54) is 12.1 Å². The normalized spacial score (nSPS) is 11.5. The van der Waals surface area contributed by atoms with Crippen LogP contribution in [0.1, 0.15) is 23.7 Å². The van der Waals surface area contributed by atoms with Crippen molar-refractivity contribution in [1.82, 2.24) is 10.3 Å². The van der Waals surface area contributed by atoms with Crippen LogP contribution in [0.3, 0.4) is 0 Å². The summed E-state index contributed by atoms with van der Waals surface area (Å²) < 4.78 is 37.8. The first-order valence-corrected chi connectivity index (χ1v) is 8.95. The molecule has 28 heavy (non-hydrogen) atoms. The summed E-state index contributed by atoms with van der Waals surface area (Å²) in [6.45, 7) is 2.05. The molecule has 2 N–H and O–H groups in total. The zero-order valence-electron chi connectivity index (χ0n) is 14.9. The molecular weight excluding hydrogens is 391 g/mol. The van der Waals surface area contributed by atoms with Gasteiger partial charge < -0.3 is 10.6 Å². The number of benzene rings is 2. The highest BCUT2D eigenvalue weighted by Crippen LogP contribution is 2.30. The molecule has 0 aliphatic rings. The Balaban J connectivity index is 1.71. The Kier molecular flexibility index (Phi) is 5.74. The van der Waals surface area contributed by atoms with Gasteiger partial charge >= 0.3 is 12.2 Å². The van der Waals surface area contributed by atoms with Crippen LogP contribution in [-0.4, -0.2) is 11.0 Å². The highest BCUT2D eigenvalue weighted by molar-refractivity contribution is 6.34. The first kappa shape index (κ1) is 19.9. The molecule has 0 saturated carbocycles. The number of nitrogens with zero attached hydrogens (tertiary/aromatic N) is 1. The number of aryl methyl sites for hydroxylation is 1. The predicted octanol–water partition coefficient (Wildman–Crippen LogP) is 5.79. The summed E-state index contributed by atoms with van der Waals surface area (Å²) in [5, 5.41) is 7.24. The van der Waals surface area contributed by atoms with Crippen molar-refractivity contribution in [3.8, 4) is 0 Å². The zero-order chi connectivity index (χ0) is 20.3. The van der Waals surface area contributed by atoms with Gasteiger partial charge in [-0.15, -0.1) is 0 Å². The first-order valence-electron chi connectivity index (χ1n) is 8.57. The van der Waals surface area contributed by atoms with E-state index >= 15 is 0 Å². The van der Waals surface area contributed by atoms with E-state index in [9.17, 15) is 18.0 Å². The number of carbonyl (C=O) groups is 1. The number of nitrogens with one attached hydrogen (secondary N) is 2. The lowest BCUT2D eigenvalue weighted by molar-refractivity contribution is -0.137. The van der Waals surface area contributed by atoms with E-state index in [-0.39, 0.29) is 6.54 Å². The maximum atomic E-state index is 12.6. The minimum absolute atomic E-state index is 0.0945. The van der Waals surface area contributed by atoms with Gasteiger partial charge in [0.1, 0.15) is 5.15 Å². The molecule has 146 valence electrons. The Morgan fingerprint density at radius 1 is 1.11 bits per heavy atom. The third kappa shape index (κ3) is 4.54. The Labute approximate surface area is 164 Å².